The van der Waals surface area contributed by atoms with Gasteiger partial charge in [0.2, 0.25) is 0 Å². The van der Waals surface area contributed by atoms with E-state index in [-0.39, 0.29) is 18.1 Å². The van der Waals surface area contributed by atoms with Gasteiger partial charge in [-0.3, -0.25) is 0 Å². The Morgan fingerprint density at radius 1 is 1.19 bits per heavy atom. The number of carbonyl (C=O) groups is 1. The number of halogens is 1. The van der Waals surface area contributed by atoms with Crippen LogP contribution in [0.25, 0.3) is 0 Å². The SMILES string of the molecule is Cc1ccc(S(=O)(=O)N2C(=O)OCC2C(Br)COCc2ccccc2)cc1. The Labute approximate surface area is 167 Å². The second-order valence-electron chi connectivity index (χ2n) is 6.27. The van der Waals surface area contributed by atoms with Gasteiger partial charge in [0, 0.05) is 0 Å². The molecule has 0 radical (unpaired) electrons. The number of benzene rings is 2. The number of nitrogens with zero attached hydrogens (tertiary/aromatic N) is 1. The molecule has 6 nitrogen and oxygen atoms in total. The highest BCUT2D eigenvalue weighted by Crippen LogP contribution is 2.28. The van der Waals surface area contributed by atoms with Gasteiger partial charge in [0.15, 0.2) is 0 Å². The van der Waals surface area contributed by atoms with Gasteiger partial charge in [0.05, 0.1) is 22.9 Å². The molecule has 8 heteroatoms. The average Bonchev–Trinajstić information content (AvgIpc) is 3.05. The van der Waals surface area contributed by atoms with Crippen LogP contribution in [0.5, 0.6) is 0 Å². The Morgan fingerprint density at radius 3 is 2.52 bits per heavy atom. The van der Waals surface area contributed by atoms with Crippen molar-refractivity contribution < 1.29 is 22.7 Å². The lowest BCUT2D eigenvalue weighted by Gasteiger charge is -2.25. The second-order valence-corrected chi connectivity index (χ2v) is 9.27. The predicted octanol–water partition coefficient (Wildman–Crippen LogP) is 3.48. The van der Waals surface area contributed by atoms with Gasteiger partial charge < -0.3 is 9.47 Å². The second kappa shape index (κ2) is 8.41. The van der Waals surface area contributed by atoms with Gasteiger partial charge in [0.1, 0.15) is 12.6 Å². The molecule has 0 aromatic heterocycles. The molecule has 0 N–H and O–H groups in total. The molecule has 0 saturated carbocycles. The molecule has 1 heterocycles. The predicted molar refractivity (Wildman–Crippen MR) is 104 cm³/mol. The number of sulfonamides is 1. The lowest BCUT2D eigenvalue weighted by molar-refractivity contribution is 0.113. The average molecular weight is 454 g/mol. The van der Waals surface area contributed by atoms with Crippen molar-refractivity contribution in [3.05, 3.63) is 65.7 Å². The van der Waals surface area contributed by atoms with Crippen molar-refractivity contribution in [1.82, 2.24) is 4.31 Å². The highest BCUT2D eigenvalue weighted by molar-refractivity contribution is 9.09. The van der Waals surface area contributed by atoms with Crippen LogP contribution in [0.1, 0.15) is 11.1 Å². The van der Waals surface area contributed by atoms with Crippen LogP contribution in [0.4, 0.5) is 4.79 Å². The molecule has 1 amide bonds. The van der Waals surface area contributed by atoms with E-state index in [9.17, 15) is 13.2 Å². The highest BCUT2D eigenvalue weighted by Gasteiger charge is 2.45. The molecular formula is C19H20BrNO5S. The molecular weight excluding hydrogens is 434 g/mol. The number of rotatable bonds is 7. The lowest BCUT2D eigenvalue weighted by Crippen LogP contribution is -2.45. The third-order valence-corrected chi connectivity index (χ3v) is 6.92. The monoisotopic (exact) mass is 453 g/mol. The van der Waals surface area contributed by atoms with Gasteiger partial charge >= 0.3 is 6.09 Å². The molecule has 0 spiro atoms. The Morgan fingerprint density at radius 2 is 1.85 bits per heavy atom. The smallest absolute Gasteiger partial charge is 0.424 e. The standard InChI is InChI=1S/C19H20BrNO5S/c1-14-7-9-16(10-8-14)27(23,24)21-18(13-26-19(21)22)17(20)12-25-11-15-5-3-2-4-6-15/h2-10,17-18H,11-13H2,1H3. The molecule has 0 aliphatic carbocycles. The quantitative estimate of drug-likeness (QED) is 0.599. The van der Waals surface area contributed by atoms with Gasteiger partial charge in [-0.05, 0) is 24.6 Å². The minimum absolute atomic E-state index is 0.0193. The summed E-state index contributed by atoms with van der Waals surface area (Å²) < 4.78 is 37.4. The van der Waals surface area contributed by atoms with Crippen LogP contribution >= 0.6 is 15.9 Å². The molecule has 144 valence electrons. The maximum atomic E-state index is 12.9. The number of ether oxygens (including phenoxy) is 2. The van der Waals surface area contributed by atoms with E-state index in [1.807, 2.05) is 37.3 Å². The molecule has 2 aromatic carbocycles. The Hall–Kier alpha value is -1.90. The number of amides is 1. The van der Waals surface area contributed by atoms with Crippen LogP contribution in [0.3, 0.4) is 0 Å². The summed E-state index contributed by atoms with van der Waals surface area (Å²) in [6.07, 6.45) is -0.868. The topological polar surface area (TPSA) is 72.9 Å². The number of aryl methyl sites for hydroxylation is 1. The lowest BCUT2D eigenvalue weighted by atomic mass is 10.2. The summed E-state index contributed by atoms with van der Waals surface area (Å²) in [5, 5.41) is 0. The fourth-order valence-corrected chi connectivity index (χ4v) is 5.00. The number of hydrogen-bond donors (Lipinski definition) is 0. The number of alkyl halides is 1. The van der Waals surface area contributed by atoms with Crippen LogP contribution in [0.15, 0.2) is 59.5 Å². The van der Waals surface area contributed by atoms with Crippen LogP contribution in [-0.2, 0) is 26.1 Å². The molecule has 1 aliphatic rings. The van der Waals surface area contributed by atoms with Gasteiger partial charge in [-0.2, -0.15) is 4.31 Å². The van der Waals surface area contributed by atoms with Crippen LogP contribution in [0.2, 0.25) is 0 Å². The number of hydrogen-bond acceptors (Lipinski definition) is 5. The van der Waals surface area contributed by atoms with Crippen LogP contribution in [0, 0.1) is 6.92 Å². The van der Waals surface area contributed by atoms with E-state index in [2.05, 4.69) is 15.9 Å². The summed E-state index contributed by atoms with van der Waals surface area (Å²) in [7, 11) is -4.00. The zero-order valence-corrected chi connectivity index (χ0v) is 17.1. The minimum atomic E-state index is -4.00. The summed E-state index contributed by atoms with van der Waals surface area (Å²) in [4.78, 5) is 11.8. The molecule has 1 aliphatic heterocycles. The summed E-state index contributed by atoms with van der Waals surface area (Å²) in [5.74, 6) is 0. The van der Waals surface area contributed by atoms with Crippen molar-refractivity contribution in [2.45, 2.75) is 29.3 Å². The first kappa shape index (κ1) is 19.9. The fraction of sp³-hybridized carbons (Fsp3) is 0.316. The number of cyclic esters (lactones) is 1. The fourth-order valence-electron chi connectivity index (χ4n) is 2.75. The molecule has 0 bridgehead atoms. The molecule has 1 fully saturated rings. The first-order chi connectivity index (χ1) is 12.9. The normalized spacial score (nSPS) is 18.4. The van der Waals surface area contributed by atoms with Crippen LogP contribution < -0.4 is 0 Å². The Balaban J connectivity index is 1.70. The Kier molecular flexibility index (Phi) is 6.18. The highest BCUT2D eigenvalue weighted by atomic mass is 79.9. The molecule has 2 unspecified atom stereocenters. The largest absolute Gasteiger partial charge is 0.446 e. The van der Waals surface area contributed by atoms with Crippen molar-refractivity contribution in [2.24, 2.45) is 0 Å². The van der Waals surface area contributed by atoms with Crippen molar-refractivity contribution in [3.63, 3.8) is 0 Å². The van der Waals surface area contributed by atoms with Crippen molar-refractivity contribution in [2.75, 3.05) is 13.2 Å². The minimum Gasteiger partial charge on any atom is -0.446 e. The van der Waals surface area contributed by atoms with Crippen LogP contribution in [-0.4, -0.2) is 42.9 Å². The summed E-state index contributed by atoms with van der Waals surface area (Å²) >= 11 is 3.46. The van der Waals surface area contributed by atoms with Gasteiger partial charge in [-0.1, -0.05) is 64.0 Å². The summed E-state index contributed by atoms with van der Waals surface area (Å²) in [6, 6.07) is 15.3. The van der Waals surface area contributed by atoms with E-state index in [0.29, 0.717) is 6.61 Å². The maximum absolute atomic E-state index is 12.9. The summed E-state index contributed by atoms with van der Waals surface area (Å²) in [6.45, 7) is 2.47. The maximum Gasteiger partial charge on any atom is 0.424 e. The molecule has 2 atom stereocenters. The van der Waals surface area contributed by atoms with E-state index in [4.69, 9.17) is 9.47 Å². The van der Waals surface area contributed by atoms with Gasteiger partial charge in [0.25, 0.3) is 10.0 Å². The Bertz CT molecular complexity index is 886. The van der Waals surface area contributed by atoms with E-state index >= 15 is 0 Å². The first-order valence-corrected chi connectivity index (χ1v) is 10.8. The molecule has 1 saturated heterocycles. The van der Waals surface area contributed by atoms with Gasteiger partial charge in [-0.15, -0.1) is 0 Å². The zero-order chi connectivity index (χ0) is 19.4. The molecule has 3 rings (SSSR count). The summed E-state index contributed by atoms with van der Waals surface area (Å²) in [5.41, 5.74) is 1.95. The van der Waals surface area contributed by atoms with E-state index in [1.165, 1.54) is 12.1 Å². The van der Waals surface area contributed by atoms with Crippen molar-refractivity contribution in [3.8, 4) is 0 Å². The van der Waals surface area contributed by atoms with Gasteiger partial charge in [-0.25, -0.2) is 13.2 Å². The van der Waals surface area contributed by atoms with Crippen molar-refractivity contribution >= 4 is 32.0 Å². The third-order valence-electron chi connectivity index (χ3n) is 4.24. The molecule has 2 aromatic rings. The van der Waals surface area contributed by atoms with E-state index in [0.717, 1.165) is 15.4 Å². The number of carbonyl (C=O) groups excluding carboxylic acids is 1. The van der Waals surface area contributed by atoms with E-state index < -0.39 is 27.0 Å². The van der Waals surface area contributed by atoms with E-state index in [1.54, 1.807) is 12.1 Å². The molecule has 27 heavy (non-hydrogen) atoms. The third kappa shape index (κ3) is 4.51. The zero-order valence-electron chi connectivity index (χ0n) is 14.7. The first-order valence-electron chi connectivity index (χ1n) is 8.43. The van der Waals surface area contributed by atoms with Crippen molar-refractivity contribution in [1.29, 1.82) is 0 Å².